The van der Waals surface area contributed by atoms with Crippen LogP contribution in [0.25, 0.3) is 11.1 Å². The van der Waals surface area contributed by atoms with Crippen molar-refractivity contribution >= 4 is 29.3 Å². The molecule has 0 spiro atoms. The van der Waals surface area contributed by atoms with Gasteiger partial charge in [-0.1, -0.05) is 42.5 Å². The molecule has 2 N–H and O–H groups in total. The number of ketones is 1. The van der Waals surface area contributed by atoms with Crippen molar-refractivity contribution in [3.05, 3.63) is 65.7 Å². The maximum absolute atomic E-state index is 12.8. The summed E-state index contributed by atoms with van der Waals surface area (Å²) in [5.74, 6) is -0.804. The molecule has 160 valence electrons. The third kappa shape index (κ3) is 2.67. The molecule has 1 aliphatic heterocycles. The van der Waals surface area contributed by atoms with Crippen molar-refractivity contribution in [2.75, 3.05) is 12.0 Å². The Bertz CT molecular complexity index is 1200. The molecular formula is C25H21N3O4. The maximum Gasteiger partial charge on any atom is 0.320 e. The third-order valence-corrected chi connectivity index (χ3v) is 7.23. The Labute approximate surface area is 184 Å². The van der Waals surface area contributed by atoms with Crippen LogP contribution in [0, 0.1) is 23.7 Å². The number of allylic oxidation sites excluding steroid dienone is 2. The highest BCUT2D eigenvalue weighted by Crippen LogP contribution is 2.49. The van der Waals surface area contributed by atoms with Crippen LogP contribution in [-0.4, -0.2) is 35.2 Å². The van der Waals surface area contributed by atoms with Crippen LogP contribution in [0.3, 0.4) is 0 Å². The van der Waals surface area contributed by atoms with E-state index in [9.17, 15) is 19.2 Å². The third-order valence-electron chi connectivity index (χ3n) is 7.23. The quantitative estimate of drug-likeness (QED) is 0.496. The van der Waals surface area contributed by atoms with Gasteiger partial charge in [0.05, 0.1) is 11.8 Å². The lowest BCUT2D eigenvalue weighted by Gasteiger charge is -2.38. The van der Waals surface area contributed by atoms with E-state index >= 15 is 0 Å². The van der Waals surface area contributed by atoms with Gasteiger partial charge in [0.2, 0.25) is 11.8 Å². The predicted octanol–water partition coefficient (Wildman–Crippen LogP) is 3.17. The molecule has 4 unspecified atom stereocenters. The number of amides is 4. The molecule has 2 bridgehead atoms. The number of carbonyl (C=O) groups is 4. The van der Waals surface area contributed by atoms with Crippen LogP contribution in [0.5, 0.6) is 0 Å². The molecule has 1 saturated carbocycles. The van der Waals surface area contributed by atoms with E-state index in [0.717, 1.165) is 24.0 Å². The summed E-state index contributed by atoms with van der Waals surface area (Å²) in [7, 11) is 0. The van der Waals surface area contributed by atoms with Crippen LogP contribution in [0.1, 0.15) is 28.8 Å². The van der Waals surface area contributed by atoms with Gasteiger partial charge < -0.3 is 10.6 Å². The first-order valence-electron chi connectivity index (χ1n) is 10.9. The highest BCUT2D eigenvalue weighted by atomic mass is 16.2. The molecule has 2 fully saturated rings. The van der Waals surface area contributed by atoms with E-state index in [1.54, 1.807) is 18.2 Å². The van der Waals surface area contributed by atoms with Crippen molar-refractivity contribution in [2.24, 2.45) is 23.7 Å². The Hall–Kier alpha value is -3.74. The van der Waals surface area contributed by atoms with E-state index in [0.29, 0.717) is 16.8 Å². The molecule has 2 aromatic rings. The van der Waals surface area contributed by atoms with Gasteiger partial charge >= 0.3 is 6.03 Å². The Morgan fingerprint density at radius 1 is 0.844 bits per heavy atom. The van der Waals surface area contributed by atoms with Gasteiger partial charge in [0, 0.05) is 16.8 Å². The summed E-state index contributed by atoms with van der Waals surface area (Å²) in [6.07, 6.45) is 6.00. The summed E-state index contributed by atoms with van der Waals surface area (Å²) in [6.45, 7) is -0.161. The summed E-state index contributed by atoms with van der Waals surface area (Å²) >= 11 is 0. The van der Waals surface area contributed by atoms with Crippen LogP contribution in [0.2, 0.25) is 0 Å². The van der Waals surface area contributed by atoms with Crippen molar-refractivity contribution < 1.29 is 19.2 Å². The second kappa shape index (κ2) is 6.88. The van der Waals surface area contributed by atoms with E-state index in [1.807, 2.05) is 24.3 Å². The molecule has 0 radical (unpaired) electrons. The summed E-state index contributed by atoms with van der Waals surface area (Å²) < 4.78 is 0. The Morgan fingerprint density at radius 3 is 2.12 bits per heavy atom. The van der Waals surface area contributed by atoms with Gasteiger partial charge in [0.15, 0.2) is 5.78 Å². The number of imide groups is 1. The molecule has 7 rings (SSSR count). The maximum atomic E-state index is 12.8. The zero-order valence-corrected chi connectivity index (χ0v) is 17.2. The fraction of sp³-hybridized carbons (Fsp3) is 0.280. The van der Waals surface area contributed by atoms with Crippen molar-refractivity contribution in [3.8, 4) is 11.1 Å². The lowest BCUT2D eigenvalue weighted by Crippen LogP contribution is -2.43. The SMILES string of the molecule is O=C(NCN1C(=O)C2C3C=CC(CC3)C2C1=O)Nc1ccc2c(c1)C(=O)c1ccccc1-2. The van der Waals surface area contributed by atoms with E-state index in [2.05, 4.69) is 22.8 Å². The number of nitrogens with one attached hydrogen (secondary N) is 2. The second-order valence-corrected chi connectivity index (χ2v) is 8.87. The molecule has 32 heavy (non-hydrogen) atoms. The fourth-order valence-electron chi connectivity index (χ4n) is 5.72. The average Bonchev–Trinajstić information content (AvgIpc) is 3.25. The van der Waals surface area contributed by atoms with Crippen LogP contribution < -0.4 is 10.6 Å². The van der Waals surface area contributed by atoms with Gasteiger partial charge in [-0.05, 0) is 47.9 Å². The second-order valence-electron chi connectivity index (χ2n) is 8.87. The van der Waals surface area contributed by atoms with Gasteiger partial charge in [-0.2, -0.15) is 0 Å². The first kappa shape index (κ1) is 19.0. The van der Waals surface area contributed by atoms with Crippen molar-refractivity contribution in [1.29, 1.82) is 0 Å². The summed E-state index contributed by atoms with van der Waals surface area (Å²) in [5, 5.41) is 5.32. The molecule has 2 aromatic carbocycles. The smallest absolute Gasteiger partial charge is 0.320 e. The fourth-order valence-corrected chi connectivity index (χ4v) is 5.72. The number of urea groups is 1. The van der Waals surface area contributed by atoms with Gasteiger partial charge in [-0.3, -0.25) is 19.3 Å². The normalized spacial score (nSPS) is 26.8. The molecular weight excluding hydrogens is 406 g/mol. The van der Waals surface area contributed by atoms with Crippen molar-refractivity contribution in [2.45, 2.75) is 12.8 Å². The van der Waals surface area contributed by atoms with Crippen molar-refractivity contribution in [1.82, 2.24) is 10.2 Å². The standard InChI is InChI=1S/C25H21N3O4/c29-22-18-4-2-1-3-16(18)17-10-9-15(11-19(17)22)27-25(32)26-12-28-23(30)20-13-5-6-14(8-7-13)21(20)24(28)31/h1-6,9-11,13-14,20-21H,7-8,12H2,(H2,26,27,32). The predicted molar refractivity (Wildman–Crippen MR) is 117 cm³/mol. The van der Waals surface area contributed by atoms with E-state index in [4.69, 9.17) is 0 Å². The van der Waals surface area contributed by atoms with Gasteiger partial charge in [-0.15, -0.1) is 0 Å². The first-order chi connectivity index (χ1) is 15.5. The number of likely N-dealkylation sites (tertiary alicyclic amines) is 1. The number of carbonyl (C=O) groups excluding carboxylic acids is 4. The van der Waals surface area contributed by atoms with Crippen molar-refractivity contribution in [3.63, 3.8) is 0 Å². The number of rotatable bonds is 3. The van der Waals surface area contributed by atoms with Gasteiger partial charge in [0.1, 0.15) is 6.67 Å². The highest BCUT2D eigenvalue weighted by Gasteiger charge is 2.56. The minimum atomic E-state index is -0.538. The molecule has 4 aliphatic carbocycles. The van der Waals surface area contributed by atoms with Crippen LogP contribution in [0.4, 0.5) is 10.5 Å². The van der Waals surface area contributed by atoms with E-state index in [1.165, 1.54) is 4.90 Å². The minimum Gasteiger partial charge on any atom is -0.320 e. The van der Waals surface area contributed by atoms with E-state index < -0.39 is 6.03 Å². The molecule has 4 atom stereocenters. The molecule has 7 nitrogen and oxygen atoms in total. The lowest BCUT2D eigenvalue weighted by atomic mass is 9.63. The van der Waals surface area contributed by atoms with Crippen LogP contribution >= 0.6 is 0 Å². The highest BCUT2D eigenvalue weighted by molar-refractivity contribution is 6.22. The summed E-state index contributed by atoms with van der Waals surface area (Å²) in [6, 6.07) is 12.1. The summed E-state index contributed by atoms with van der Waals surface area (Å²) in [4.78, 5) is 52.0. The zero-order chi connectivity index (χ0) is 22.0. The number of hydrogen-bond acceptors (Lipinski definition) is 4. The number of benzene rings is 2. The molecule has 7 heteroatoms. The Morgan fingerprint density at radius 2 is 1.47 bits per heavy atom. The summed E-state index contributed by atoms with van der Waals surface area (Å²) in [5.41, 5.74) is 3.40. The molecule has 0 aromatic heterocycles. The van der Waals surface area contributed by atoms with Gasteiger partial charge in [0.25, 0.3) is 0 Å². The largest absolute Gasteiger partial charge is 0.320 e. The first-order valence-corrected chi connectivity index (χ1v) is 10.9. The number of anilines is 1. The Balaban J connectivity index is 1.13. The molecule has 1 heterocycles. The molecule has 5 aliphatic rings. The average molecular weight is 427 g/mol. The number of fused-ring (bicyclic) bond motifs is 4. The zero-order valence-electron chi connectivity index (χ0n) is 17.2. The number of nitrogens with zero attached hydrogens (tertiary/aromatic N) is 1. The number of hydrogen-bond donors (Lipinski definition) is 2. The molecule has 1 saturated heterocycles. The molecule has 4 amide bonds. The topological polar surface area (TPSA) is 95.6 Å². The minimum absolute atomic E-state index is 0.0706. The van der Waals surface area contributed by atoms with Crippen LogP contribution in [-0.2, 0) is 9.59 Å². The van der Waals surface area contributed by atoms with Gasteiger partial charge in [-0.25, -0.2) is 4.79 Å². The monoisotopic (exact) mass is 427 g/mol. The lowest BCUT2D eigenvalue weighted by molar-refractivity contribution is -0.140. The van der Waals surface area contributed by atoms with E-state index in [-0.39, 0.29) is 47.9 Å². The Kier molecular flexibility index (Phi) is 4.08. The van der Waals surface area contributed by atoms with Crippen LogP contribution in [0.15, 0.2) is 54.6 Å².